The molecule has 0 aliphatic carbocycles. The number of carbonyl (C=O) groups is 1. The molecule has 0 unspecified atom stereocenters. The third-order valence-corrected chi connectivity index (χ3v) is 5.99. The highest BCUT2D eigenvalue weighted by atomic mass is 35.5. The zero-order valence-corrected chi connectivity index (χ0v) is 20.2. The second-order valence-electron chi connectivity index (χ2n) is 8.50. The van der Waals surface area contributed by atoms with Crippen LogP contribution in [-0.2, 0) is 17.8 Å². The predicted octanol–water partition coefficient (Wildman–Crippen LogP) is 5.95. The molecule has 6 heteroatoms. The van der Waals surface area contributed by atoms with Crippen molar-refractivity contribution in [2.24, 2.45) is 0 Å². The van der Waals surface area contributed by atoms with Crippen LogP contribution >= 0.6 is 11.6 Å². The second kappa shape index (κ2) is 11.7. The average molecular weight is 476 g/mol. The van der Waals surface area contributed by atoms with Crippen molar-refractivity contribution < 1.29 is 9.53 Å². The minimum atomic E-state index is -0.116. The molecular weight excluding hydrogens is 446 g/mol. The molecular formula is C28H30ClN3O2. The molecule has 0 saturated heterocycles. The van der Waals surface area contributed by atoms with Gasteiger partial charge in [0.05, 0.1) is 11.0 Å². The smallest absolute Gasteiger partial charge is 0.257 e. The molecule has 3 aromatic carbocycles. The van der Waals surface area contributed by atoms with Crippen molar-refractivity contribution in [1.29, 1.82) is 0 Å². The number of nitrogens with one attached hydrogen (secondary N) is 1. The van der Waals surface area contributed by atoms with Gasteiger partial charge in [0.1, 0.15) is 11.6 Å². The third-order valence-electron chi connectivity index (χ3n) is 5.74. The quantitative estimate of drug-likeness (QED) is 0.272. The molecule has 0 atom stereocenters. The molecule has 34 heavy (non-hydrogen) atoms. The van der Waals surface area contributed by atoms with Crippen LogP contribution in [0.2, 0.25) is 5.02 Å². The molecule has 0 fully saturated rings. The average Bonchev–Trinajstić information content (AvgIpc) is 3.18. The number of benzene rings is 3. The molecule has 1 aromatic heterocycles. The Labute approximate surface area is 205 Å². The number of amides is 1. The van der Waals surface area contributed by atoms with Gasteiger partial charge in [-0.15, -0.1) is 0 Å². The molecule has 4 rings (SSSR count). The molecule has 4 aromatic rings. The van der Waals surface area contributed by atoms with Crippen molar-refractivity contribution in [3.63, 3.8) is 0 Å². The van der Waals surface area contributed by atoms with E-state index in [1.54, 1.807) is 24.3 Å². The topological polar surface area (TPSA) is 56.2 Å². The lowest BCUT2D eigenvalue weighted by Crippen LogP contribution is -2.29. The summed E-state index contributed by atoms with van der Waals surface area (Å²) in [6.07, 6.45) is 3.87. The number of aryl methyl sites for hydroxylation is 2. The number of rotatable bonds is 11. The fourth-order valence-corrected chi connectivity index (χ4v) is 4.16. The van der Waals surface area contributed by atoms with Gasteiger partial charge in [0, 0.05) is 24.5 Å². The van der Waals surface area contributed by atoms with Crippen LogP contribution in [0.3, 0.4) is 0 Å². The maximum Gasteiger partial charge on any atom is 0.257 e. The SMILES string of the molecule is Cc1cccc(Cn2c(CCCCCNC(=O)COc3ccc(Cl)cc3)nc3ccccc32)c1. The van der Waals surface area contributed by atoms with E-state index in [0.29, 0.717) is 17.3 Å². The van der Waals surface area contributed by atoms with E-state index in [4.69, 9.17) is 21.3 Å². The number of ether oxygens (including phenoxy) is 1. The highest BCUT2D eigenvalue weighted by Crippen LogP contribution is 2.20. The lowest BCUT2D eigenvalue weighted by molar-refractivity contribution is -0.123. The number of aromatic nitrogens is 2. The lowest BCUT2D eigenvalue weighted by Gasteiger charge is -2.10. The van der Waals surface area contributed by atoms with Crippen LogP contribution in [0.1, 0.15) is 36.2 Å². The first-order chi connectivity index (χ1) is 16.6. The number of halogens is 1. The Morgan fingerprint density at radius 3 is 2.65 bits per heavy atom. The van der Waals surface area contributed by atoms with Crippen LogP contribution in [0.4, 0.5) is 0 Å². The Bertz CT molecular complexity index is 1230. The summed E-state index contributed by atoms with van der Waals surface area (Å²) in [5.74, 6) is 1.63. The monoisotopic (exact) mass is 475 g/mol. The van der Waals surface area contributed by atoms with Gasteiger partial charge in [-0.1, -0.05) is 60.0 Å². The molecule has 1 amide bonds. The van der Waals surface area contributed by atoms with Gasteiger partial charge in [0.2, 0.25) is 0 Å². The zero-order chi connectivity index (χ0) is 23.8. The van der Waals surface area contributed by atoms with Gasteiger partial charge < -0.3 is 14.6 Å². The van der Waals surface area contributed by atoms with Gasteiger partial charge in [-0.3, -0.25) is 4.79 Å². The first kappa shape index (κ1) is 23.8. The Kier molecular flexibility index (Phi) is 8.21. The second-order valence-corrected chi connectivity index (χ2v) is 8.93. The summed E-state index contributed by atoms with van der Waals surface area (Å²) in [5.41, 5.74) is 4.77. The van der Waals surface area contributed by atoms with Crippen molar-refractivity contribution in [1.82, 2.24) is 14.9 Å². The summed E-state index contributed by atoms with van der Waals surface area (Å²) >= 11 is 5.85. The number of nitrogens with zero attached hydrogens (tertiary/aromatic N) is 2. The van der Waals surface area contributed by atoms with Crippen LogP contribution in [0.5, 0.6) is 5.75 Å². The molecule has 5 nitrogen and oxygen atoms in total. The zero-order valence-electron chi connectivity index (χ0n) is 19.5. The lowest BCUT2D eigenvalue weighted by atomic mass is 10.1. The van der Waals surface area contributed by atoms with Crippen LogP contribution in [-0.4, -0.2) is 28.6 Å². The third kappa shape index (κ3) is 6.61. The van der Waals surface area contributed by atoms with Crippen LogP contribution < -0.4 is 10.1 Å². The Morgan fingerprint density at radius 1 is 1.00 bits per heavy atom. The van der Waals surface area contributed by atoms with Crippen LogP contribution in [0, 0.1) is 6.92 Å². The van der Waals surface area contributed by atoms with E-state index in [-0.39, 0.29) is 12.5 Å². The summed E-state index contributed by atoms with van der Waals surface area (Å²) in [6, 6.07) is 23.9. The first-order valence-electron chi connectivity index (χ1n) is 11.7. The van der Waals surface area contributed by atoms with E-state index in [0.717, 1.165) is 43.6 Å². The summed E-state index contributed by atoms with van der Waals surface area (Å²) in [4.78, 5) is 16.9. The van der Waals surface area contributed by atoms with Gasteiger partial charge in [-0.05, 0) is 61.7 Å². The molecule has 176 valence electrons. The number of carbonyl (C=O) groups excluding carboxylic acids is 1. The van der Waals surface area contributed by atoms with Crippen molar-refractivity contribution in [3.05, 3.63) is 94.8 Å². The maximum absolute atomic E-state index is 12.0. The van der Waals surface area contributed by atoms with Crippen molar-refractivity contribution in [2.45, 2.75) is 39.2 Å². The normalized spacial score (nSPS) is 11.0. The van der Waals surface area contributed by atoms with E-state index < -0.39 is 0 Å². The van der Waals surface area contributed by atoms with E-state index in [2.05, 4.69) is 59.3 Å². The molecule has 0 spiro atoms. The van der Waals surface area contributed by atoms with Crippen molar-refractivity contribution >= 4 is 28.5 Å². The number of fused-ring (bicyclic) bond motifs is 1. The standard InChI is InChI=1S/C28H30ClN3O2/c1-21-8-7-9-22(18-21)19-32-26-11-5-4-10-25(26)31-27(32)12-3-2-6-17-30-28(33)20-34-24-15-13-23(29)14-16-24/h4-5,7-11,13-16,18H,2-3,6,12,17,19-20H2,1H3,(H,30,33). The highest BCUT2D eigenvalue weighted by molar-refractivity contribution is 6.30. The van der Waals surface area contributed by atoms with Gasteiger partial charge in [0.15, 0.2) is 6.61 Å². The summed E-state index contributed by atoms with van der Waals surface area (Å²) < 4.78 is 7.81. The molecule has 1 N–H and O–H groups in total. The number of hydrogen-bond donors (Lipinski definition) is 1. The fraction of sp³-hybridized carbons (Fsp3) is 0.286. The Morgan fingerprint density at radius 2 is 1.82 bits per heavy atom. The van der Waals surface area contributed by atoms with Crippen LogP contribution in [0.25, 0.3) is 11.0 Å². The van der Waals surface area contributed by atoms with E-state index in [1.165, 1.54) is 16.6 Å². The molecule has 1 heterocycles. The minimum Gasteiger partial charge on any atom is -0.484 e. The predicted molar refractivity (Wildman–Crippen MR) is 138 cm³/mol. The van der Waals surface area contributed by atoms with Gasteiger partial charge >= 0.3 is 0 Å². The fourth-order valence-electron chi connectivity index (χ4n) is 4.03. The van der Waals surface area contributed by atoms with Crippen molar-refractivity contribution in [2.75, 3.05) is 13.2 Å². The maximum atomic E-state index is 12.0. The number of unbranched alkanes of at least 4 members (excludes halogenated alkanes) is 2. The molecule has 0 bridgehead atoms. The molecule has 0 aliphatic heterocycles. The largest absolute Gasteiger partial charge is 0.484 e. The number of imidazole rings is 1. The Hall–Kier alpha value is -3.31. The van der Waals surface area contributed by atoms with E-state index in [1.807, 2.05) is 6.07 Å². The summed E-state index contributed by atoms with van der Waals surface area (Å²) in [6.45, 7) is 3.59. The number of hydrogen-bond acceptors (Lipinski definition) is 3. The van der Waals surface area contributed by atoms with Gasteiger partial charge in [0.25, 0.3) is 5.91 Å². The van der Waals surface area contributed by atoms with Gasteiger partial charge in [-0.2, -0.15) is 0 Å². The van der Waals surface area contributed by atoms with E-state index in [9.17, 15) is 4.79 Å². The van der Waals surface area contributed by atoms with Gasteiger partial charge in [-0.25, -0.2) is 4.98 Å². The van der Waals surface area contributed by atoms with Crippen LogP contribution in [0.15, 0.2) is 72.8 Å². The molecule has 0 aliphatic rings. The Balaban J connectivity index is 1.23. The number of para-hydroxylation sites is 2. The first-order valence-corrected chi connectivity index (χ1v) is 12.1. The van der Waals surface area contributed by atoms with Crippen molar-refractivity contribution in [3.8, 4) is 5.75 Å². The highest BCUT2D eigenvalue weighted by Gasteiger charge is 2.11. The summed E-state index contributed by atoms with van der Waals surface area (Å²) in [7, 11) is 0. The van der Waals surface area contributed by atoms with E-state index >= 15 is 0 Å². The minimum absolute atomic E-state index is 0.00458. The summed E-state index contributed by atoms with van der Waals surface area (Å²) in [5, 5.41) is 3.56. The molecule has 0 radical (unpaired) electrons. The molecule has 0 saturated carbocycles.